The lowest BCUT2D eigenvalue weighted by molar-refractivity contribution is 0.0698. The van der Waals surface area contributed by atoms with E-state index < -0.39 is 16.0 Å². The Bertz CT molecular complexity index is 815. The Morgan fingerprint density at radius 1 is 1.33 bits per heavy atom. The monoisotopic (exact) mass is 453 g/mol. The van der Waals surface area contributed by atoms with Gasteiger partial charge in [-0.25, -0.2) is 13.2 Å². The van der Waals surface area contributed by atoms with Crippen LogP contribution in [0.2, 0.25) is 0 Å². The summed E-state index contributed by atoms with van der Waals surface area (Å²) in [4.78, 5) is 10.8. The number of rotatable bonds is 4. The van der Waals surface area contributed by atoms with Gasteiger partial charge in [-0.05, 0) is 52.0 Å². The number of hydrogen-bond acceptors (Lipinski definition) is 4. The minimum Gasteiger partial charge on any atom is -0.477 e. The van der Waals surface area contributed by atoms with E-state index in [2.05, 4.69) is 36.6 Å². The van der Waals surface area contributed by atoms with Crippen LogP contribution in [0, 0.1) is 6.92 Å². The molecule has 0 amide bonds. The van der Waals surface area contributed by atoms with Crippen LogP contribution in [0.3, 0.4) is 0 Å². The molecule has 1 aromatic carbocycles. The first kappa shape index (κ1) is 16.5. The lowest BCUT2D eigenvalue weighted by atomic mass is 10.3. The predicted molar refractivity (Wildman–Crippen MR) is 88.7 cm³/mol. The molecule has 0 aliphatic heterocycles. The number of halogens is 2. The first-order valence-corrected chi connectivity index (χ1v) is 9.46. The van der Waals surface area contributed by atoms with Gasteiger partial charge in [-0.15, -0.1) is 11.3 Å². The van der Waals surface area contributed by atoms with Gasteiger partial charge in [0.15, 0.2) is 0 Å². The number of sulfonamides is 1. The Kier molecular flexibility index (Phi) is 4.76. The maximum Gasteiger partial charge on any atom is 0.347 e. The number of aromatic carboxylic acids is 1. The molecule has 2 N–H and O–H groups in total. The third-order valence-electron chi connectivity index (χ3n) is 2.55. The first-order chi connectivity index (χ1) is 9.72. The van der Waals surface area contributed by atoms with Gasteiger partial charge in [0.05, 0.1) is 5.69 Å². The summed E-state index contributed by atoms with van der Waals surface area (Å²) in [5, 5.41) is 10.6. The van der Waals surface area contributed by atoms with Gasteiger partial charge in [-0.1, -0.05) is 15.9 Å². The molecule has 2 aromatic rings. The standard InChI is InChI=1S/C12H9Br2NO4S2/c1-6-5-20-10(12(16)17)11(6)21(18,19)15-9-4-7(13)2-3-8(9)14/h2-5,15H,1H3,(H,16,17). The highest BCUT2D eigenvalue weighted by Crippen LogP contribution is 2.32. The number of nitrogens with one attached hydrogen (secondary N) is 1. The van der Waals surface area contributed by atoms with Gasteiger partial charge < -0.3 is 5.11 Å². The van der Waals surface area contributed by atoms with Crippen molar-refractivity contribution in [3.63, 3.8) is 0 Å². The molecule has 0 atom stereocenters. The lowest BCUT2D eigenvalue weighted by Gasteiger charge is -2.11. The van der Waals surface area contributed by atoms with Crippen molar-refractivity contribution in [3.05, 3.63) is 43.0 Å². The first-order valence-electron chi connectivity index (χ1n) is 5.51. The SMILES string of the molecule is Cc1csc(C(=O)O)c1S(=O)(=O)Nc1cc(Br)ccc1Br. The van der Waals surface area contributed by atoms with Gasteiger partial charge >= 0.3 is 5.97 Å². The summed E-state index contributed by atoms with van der Waals surface area (Å²) in [6.45, 7) is 1.56. The van der Waals surface area contributed by atoms with E-state index in [1.807, 2.05) is 0 Å². The Balaban J connectivity index is 2.51. The van der Waals surface area contributed by atoms with Crippen LogP contribution in [-0.2, 0) is 10.0 Å². The van der Waals surface area contributed by atoms with Crippen molar-refractivity contribution >= 4 is 64.9 Å². The summed E-state index contributed by atoms with van der Waals surface area (Å²) in [6.07, 6.45) is 0. The highest BCUT2D eigenvalue weighted by Gasteiger charge is 2.27. The van der Waals surface area contributed by atoms with Crippen molar-refractivity contribution in [1.29, 1.82) is 0 Å². The Morgan fingerprint density at radius 3 is 2.62 bits per heavy atom. The normalized spacial score (nSPS) is 11.4. The second-order valence-corrected chi connectivity index (χ2v) is 8.38. The minimum atomic E-state index is -3.99. The molecule has 0 aliphatic carbocycles. The average molecular weight is 455 g/mol. The fourth-order valence-corrected chi connectivity index (χ4v) is 5.23. The fraction of sp³-hybridized carbons (Fsp3) is 0.0833. The van der Waals surface area contributed by atoms with Crippen molar-refractivity contribution in [2.24, 2.45) is 0 Å². The molecule has 1 heterocycles. The maximum atomic E-state index is 12.5. The summed E-state index contributed by atoms with van der Waals surface area (Å²) >= 11 is 7.40. The summed E-state index contributed by atoms with van der Waals surface area (Å²) in [7, 11) is -3.99. The molecule has 2 rings (SSSR count). The molecular formula is C12H9Br2NO4S2. The topological polar surface area (TPSA) is 83.5 Å². The lowest BCUT2D eigenvalue weighted by Crippen LogP contribution is -2.16. The Labute approximate surface area is 142 Å². The van der Waals surface area contributed by atoms with Gasteiger partial charge in [-0.3, -0.25) is 4.72 Å². The second kappa shape index (κ2) is 6.07. The summed E-state index contributed by atoms with van der Waals surface area (Å²) in [5.74, 6) is -1.26. The number of anilines is 1. The number of hydrogen-bond donors (Lipinski definition) is 2. The smallest absolute Gasteiger partial charge is 0.347 e. The third-order valence-corrected chi connectivity index (χ3v) is 6.51. The van der Waals surface area contributed by atoms with Crippen LogP contribution in [-0.4, -0.2) is 19.5 Å². The third kappa shape index (κ3) is 3.47. The van der Waals surface area contributed by atoms with Gasteiger partial charge in [0.1, 0.15) is 9.77 Å². The summed E-state index contributed by atoms with van der Waals surface area (Å²) in [5.41, 5.74) is 0.724. The van der Waals surface area contributed by atoms with E-state index in [0.717, 1.165) is 11.3 Å². The number of aryl methyl sites for hydroxylation is 1. The molecule has 0 saturated carbocycles. The molecule has 0 aliphatic rings. The maximum absolute atomic E-state index is 12.5. The highest BCUT2D eigenvalue weighted by molar-refractivity contribution is 9.11. The van der Waals surface area contributed by atoms with E-state index in [4.69, 9.17) is 5.11 Å². The van der Waals surface area contributed by atoms with Crippen LogP contribution in [0.15, 0.2) is 37.4 Å². The predicted octanol–water partition coefficient (Wildman–Crippen LogP) is 4.08. The van der Waals surface area contributed by atoms with E-state index in [1.165, 1.54) is 5.38 Å². The zero-order chi connectivity index (χ0) is 15.8. The molecule has 112 valence electrons. The van der Waals surface area contributed by atoms with E-state index in [0.29, 0.717) is 20.2 Å². The van der Waals surface area contributed by atoms with Crippen LogP contribution >= 0.6 is 43.2 Å². The van der Waals surface area contributed by atoms with Gasteiger partial charge in [0.25, 0.3) is 10.0 Å². The number of thiophene rings is 1. The quantitative estimate of drug-likeness (QED) is 0.728. The highest BCUT2D eigenvalue weighted by atomic mass is 79.9. The van der Waals surface area contributed by atoms with Crippen molar-refractivity contribution in [3.8, 4) is 0 Å². The minimum absolute atomic E-state index is 0.202. The molecule has 21 heavy (non-hydrogen) atoms. The zero-order valence-corrected chi connectivity index (χ0v) is 15.4. The van der Waals surface area contributed by atoms with E-state index >= 15 is 0 Å². The largest absolute Gasteiger partial charge is 0.477 e. The van der Waals surface area contributed by atoms with Gasteiger partial charge in [0, 0.05) is 8.95 Å². The number of carboxylic acids is 1. The van der Waals surface area contributed by atoms with Crippen molar-refractivity contribution in [1.82, 2.24) is 0 Å². The molecule has 1 aromatic heterocycles. The molecule has 9 heteroatoms. The molecule has 0 bridgehead atoms. The van der Waals surface area contributed by atoms with Crippen LogP contribution in [0.5, 0.6) is 0 Å². The molecule has 0 saturated heterocycles. The van der Waals surface area contributed by atoms with Crippen LogP contribution < -0.4 is 4.72 Å². The molecule has 0 fully saturated rings. The van der Waals surface area contributed by atoms with E-state index in [-0.39, 0.29) is 9.77 Å². The number of benzene rings is 1. The summed E-state index contributed by atoms with van der Waals surface area (Å²) < 4.78 is 28.6. The van der Waals surface area contributed by atoms with Gasteiger partial charge in [-0.2, -0.15) is 0 Å². The van der Waals surface area contributed by atoms with E-state index in [9.17, 15) is 13.2 Å². The van der Waals surface area contributed by atoms with Crippen molar-refractivity contribution < 1.29 is 18.3 Å². The van der Waals surface area contributed by atoms with Crippen LogP contribution in [0.4, 0.5) is 5.69 Å². The van der Waals surface area contributed by atoms with Gasteiger partial charge in [0.2, 0.25) is 0 Å². The summed E-state index contributed by atoms with van der Waals surface area (Å²) in [6, 6.07) is 5.02. The average Bonchev–Trinajstić information content (AvgIpc) is 2.76. The molecular weight excluding hydrogens is 446 g/mol. The Hall–Kier alpha value is -0.900. The Morgan fingerprint density at radius 2 is 2.00 bits per heavy atom. The molecule has 0 radical (unpaired) electrons. The number of carboxylic acid groups (broad SMARTS) is 1. The molecule has 0 spiro atoms. The fourth-order valence-electron chi connectivity index (χ4n) is 1.69. The number of carbonyl (C=O) groups is 1. The second-order valence-electron chi connectivity index (χ2n) is 4.11. The van der Waals surface area contributed by atoms with Crippen molar-refractivity contribution in [2.45, 2.75) is 11.8 Å². The molecule has 5 nitrogen and oxygen atoms in total. The van der Waals surface area contributed by atoms with E-state index in [1.54, 1.807) is 25.1 Å². The zero-order valence-electron chi connectivity index (χ0n) is 10.6. The van der Waals surface area contributed by atoms with Crippen molar-refractivity contribution in [2.75, 3.05) is 4.72 Å². The molecule has 0 unspecified atom stereocenters. The van der Waals surface area contributed by atoms with Crippen LogP contribution in [0.25, 0.3) is 0 Å². The van der Waals surface area contributed by atoms with Crippen LogP contribution in [0.1, 0.15) is 15.2 Å².